The number of carbonyl (C=O) groups excluding carboxylic acids is 1. The highest BCUT2D eigenvalue weighted by Gasteiger charge is 2.23. The summed E-state index contributed by atoms with van der Waals surface area (Å²) >= 11 is 1.54. The molecule has 4 aromatic rings. The Morgan fingerprint density at radius 2 is 1.67 bits per heavy atom. The number of anilines is 2. The molecule has 2 aromatic heterocycles. The van der Waals surface area contributed by atoms with Crippen molar-refractivity contribution in [2.45, 2.75) is 26.8 Å². The molecule has 4 rings (SSSR count). The molecule has 0 aliphatic rings. The molecule has 0 saturated carbocycles. The van der Waals surface area contributed by atoms with Gasteiger partial charge >= 0.3 is 0 Å². The maximum Gasteiger partial charge on any atom is 0.256 e. The molecule has 0 aliphatic heterocycles. The summed E-state index contributed by atoms with van der Waals surface area (Å²) in [4.78, 5) is 23.2. The molecule has 7 heteroatoms. The van der Waals surface area contributed by atoms with Gasteiger partial charge in [0.1, 0.15) is 10.8 Å². The maximum absolute atomic E-state index is 12.9. The monoisotopic (exact) mass is 458 g/mol. The quantitative estimate of drug-likeness (QED) is 0.359. The van der Waals surface area contributed by atoms with Crippen LogP contribution in [0.15, 0.2) is 66.7 Å². The van der Waals surface area contributed by atoms with Crippen molar-refractivity contribution in [2.24, 2.45) is 0 Å². The molecule has 33 heavy (non-hydrogen) atoms. The first-order valence-corrected chi connectivity index (χ1v) is 11.4. The molecule has 2 aromatic carbocycles. The number of thiophene rings is 1. The van der Waals surface area contributed by atoms with E-state index in [0.717, 1.165) is 38.1 Å². The lowest BCUT2D eigenvalue weighted by Crippen LogP contribution is -2.18. The molecule has 0 bridgehead atoms. The second-order valence-corrected chi connectivity index (χ2v) is 9.05. The molecule has 1 atom stereocenters. The summed E-state index contributed by atoms with van der Waals surface area (Å²) in [6.07, 6.45) is 0. The van der Waals surface area contributed by atoms with Gasteiger partial charge in [-0.3, -0.25) is 4.79 Å². The van der Waals surface area contributed by atoms with Crippen molar-refractivity contribution in [1.29, 1.82) is 0 Å². The Morgan fingerprint density at radius 3 is 2.36 bits per heavy atom. The molecule has 2 heterocycles. The van der Waals surface area contributed by atoms with Crippen molar-refractivity contribution in [1.82, 2.24) is 9.97 Å². The van der Waals surface area contributed by atoms with Crippen molar-refractivity contribution in [3.63, 3.8) is 0 Å². The van der Waals surface area contributed by atoms with Crippen LogP contribution in [0.4, 0.5) is 10.9 Å². The van der Waals surface area contributed by atoms with Crippen LogP contribution in [0.1, 0.15) is 43.8 Å². The van der Waals surface area contributed by atoms with Gasteiger partial charge in [0.2, 0.25) is 5.95 Å². The van der Waals surface area contributed by atoms with E-state index in [4.69, 9.17) is 4.74 Å². The topological polar surface area (TPSA) is 76.1 Å². The second-order valence-electron chi connectivity index (χ2n) is 7.79. The van der Waals surface area contributed by atoms with Crippen molar-refractivity contribution >= 4 is 28.2 Å². The van der Waals surface area contributed by atoms with Crippen molar-refractivity contribution in [2.75, 3.05) is 17.7 Å². The summed E-state index contributed by atoms with van der Waals surface area (Å²) in [5.74, 6) is 1.14. The van der Waals surface area contributed by atoms with Gasteiger partial charge in [0.15, 0.2) is 0 Å². The first-order valence-electron chi connectivity index (χ1n) is 10.6. The van der Waals surface area contributed by atoms with Crippen LogP contribution >= 0.6 is 11.3 Å². The summed E-state index contributed by atoms with van der Waals surface area (Å²) in [6.45, 7) is 5.92. The predicted molar refractivity (Wildman–Crippen MR) is 133 cm³/mol. The summed E-state index contributed by atoms with van der Waals surface area (Å²) in [7, 11) is 1.65. The highest BCUT2D eigenvalue weighted by atomic mass is 32.1. The summed E-state index contributed by atoms with van der Waals surface area (Å²) < 4.78 is 5.46. The smallest absolute Gasteiger partial charge is 0.256 e. The van der Waals surface area contributed by atoms with Gasteiger partial charge in [-0.1, -0.05) is 30.3 Å². The third kappa shape index (κ3) is 5.38. The molecule has 0 aliphatic carbocycles. The third-order valence-corrected chi connectivity index (χ3v) is 6.12. The van der Waals surface area contributed by atoms with Crippen LogP contribution in [0.5, 0.6) is 5.75 Å². The van der Waals surface area contributed by atoms with E-state index in [2.05, 4.69) is 26.7 Å². The largest absolute Gasteiger partial charge is 0.497 e. The molecular formula is C26H26N4O2S. The SMILES string of the molecule is COc1cccc(C(Nc2nc(C)cc(C)n2)c2cc(C)sc2NC(=O)c2ccccc2)c1. The Balaban J connectivity index is 1.76. The van der Waals surface area contributed by atoms with E-state index in [1.165, 1.54) is 0 Å². The van der Waals surface area contributed by atoms with E-state index in [1.54, 1.807) is 30.6 Å². The lowest BCUT2D eigenvalue weighted by atomic mass is 9.99. The number of carbonyl (C=O) groups is 1. The van der Waals surface area contributed by atoms with E-state index >= 15 is 0 Å². The van der Waals surface area contributed by atoms with Crippen molar-refractivity contribution in [3.8, 4) is 5.75 Å². The van der Waals surface area contributed by atoms with Gasteiger partial charge < -0.3 is 15.4 Å². The first-order chi connectivity index (χ1) is 15.9. The van der Waals surface area contributed by atoms with Gasteiger partial charge in [-0.15, -0.1) is 11.3 Å². The fraction of sp³-hybridized carbons (Fsp3) is 0.192. The lowest BCUT2D eigenvalue weighted by molar-refractivity contribution is 0.102. The van der Waals surface area contributed by atoms with Crippen LogP contribution in [-0.2, 0) is 0 Å². The number of aryl methyl sites for hydroxylation is 3. The molecule has 1 amide bonds. The van der Waals surface area contributed by atoms with Gasteiger partial charge in [-0.05, 0) is 62.7 Å². The molecule has 1 unspecified atom stereocenters. The molecular weight excluding hydrogens is 432 g/mol. The Hall–Kier alpha value is -3.71. The summed E-state index contributed by atoms with van der Waals surface area (Å²) in [6, 6.07) is 20.8. The van der Waals surface area contributed by atoms with Gasteiger partial charge in [-0.2, -0.15) is 0 Å². The van der Waals surface area contributed by atoms with Crippen LogP contribution in [0.25, 0.3) is 0 Å². The fourth-order valence-corrected chi connectivity index (χ4v) is 4.64. The Morgan fingerprint density at radius 1 is 0.939 bits per heavy atom. The normalized spacial score (nSPS) is 11.6. The number of benzene rings is 2. The molecule has 0 spiro atoms. The number of ether oxygens (including phenoxy) is 1. The molecule has 168 valence electrons. The number of nitrogens with zero attached hydrogens (tertiary/aromatic N) is 2. The summed E-state index contributed by atoms with van der Waals surface area (Å²) in [5, 5.41) is 7.37. The number of methoxy groups -OCH3 is 1. The Bertz CT molecular complexity index is 1250. The van der Waals surface area contributed by atoms with Crippen LogP contribution in [0, 0.1) is 20.8 Å². The number of rotatable bonds is 7. The summed E-state index contributed by atoms with van der Waals surface area (Å²) in [5.41, 5.74) is 4.29. The van der Waals surface area contributed by atoms with Crippen molar-refractivity contribution < 1.29 is 9.53 Å². The van der Waals surface area contributed by atoms with Crippen LogP contribution in [-0.4, -0.2) is 23.0 Å². The number of hydrogen-bond donors (Lipinski definition) is 2. The van der Waals surface area contributed by atoms with Crippen LogP contribution < -0.4 is 15.4 Å². The van der Waals surface area contributed by atoms with Gasteiger partial charge in [-0.25, -0.2) is 9.97 Å². The molecule has 2 N–H and O–H groups in total. The zero-order valence-corrected chi connectivity index (χ0v) is 19.9. The average molecular weight is 459 g/mol. The number of amides is 1. The third-order valence-electron chi connectivity index (χ3n) is 5.14. The molecule has 0 radical (unpaired) electrons. The first kappa shape index (κ1) is 22.5. The Kier molecular flexibility index (Phi) is 6.70. The standard InChI is InChI=1S/C26H26N4O2S/c1-16-13-17(2)28-26(27-16)29-23(20-11-8-12-21(15-20)32-4)22-14-18(3)33-25(22)30-24(31)19-9-6-5-7-10-19/h5-15,23H,1-4H3,(H,30,31)(H,27,28,29). The van der Waals surface area contributed by atoms with E-state index in [9.17, 15) is 4.79 Å². The zero-order chi connectivity index (χ0) is 23.4. The van der Waals surface area contributed by atoms with E-state index in [1.807, 2.05) is 69.3 Å². The molecule has 6 nitrogen and oxygen atoms in total. The van der Waals surface area contributed by atoms with E-state index < -0.39 is 0 Å². The number of hydrogen-bond acceptors (Lipinski definition) is 6. The van der Waals surface area contributed by atoms with E-state index in [0.29, 0.717) is 11.5 Å². The molecule has 0 saturated heterocycles. The number of aromatic nitrogens is 2. The van der Waals surface area contributed by atoms with Gasteiger partial charge in [0.25, 0.3) is 5.91 Å². The highest BCUT2D eigenvalue weighted by Crippen LogP contribution is 2.38. The zero-order valence-electron chi connectivity index (χ0n) is 19.0. The number of nitrogens with one attached hydrogen (secondary N) is 2. The highest BCUT2D eigenvalue weighted by molar-refractivity contribution is 7.16. The fourth-order valence-electron chi connectivity index (χ4n) is 3.69. The van der Waals surface area contributed by atoms with Crippen LogP contribution in [0.3, 0.4) is 0 Å². The second kappa shape index (κ2) is 9.83. The Labute approximate surface area is 197 Å². The van der Waals surface area contributed by atoms with Gasteiger partial charge in [0, 0.05) is 27.4 Å². The van der Waals surface area contributed by atoms with Gasteiger partial charge in [0.05, 0.1) is 13.2 Å². The minimum Gasteiger partial charge on any atom is -0.497 e. The minimum atomic E-state index is -0.294. The minimum absolute atomic E-state index is 0.147. The lowest BCUT2D eigenvalue weighted by Gasteiger charge is -2.21. The van der Waals surface area contributed by atoms with Crippen LogP contribution in [0.2, 0.25) is 0 Å². The maximum atomic E-state index is 12.9. The van der Waals surface area contributed by atoms with E-state index in [-0.39, 0.29) is 11.9 Å². The average Bonchev–Trinajstić information content (AvgIpc) is 3.17. The predicted octanol–water partition coefficient (Wildman–Crippen LogP) is 5.93. The molecule has 0 fully saturated rings. The van der Waals surface area contributed by atoms with Crippen molar-refractivity contribution in [3.05, 3.63) is 99.7 Å².